The smallest absolute Gasteiger partial charge is 0.410 e. The van der Waals surface area contributed by atoms with E-state index < -0.39 is 23.7 Å². The van der Waals surface area contributed by atoms with E-state index in [1.807, 2.05) is 27.7 Å². The SMILES string of the molecule is CCOC(=O)C1CCN(C(=O)OC(C)(C)C)C1c1cc(C)nc(-n2ccnc2)n1. The molecule has 0 aromatic carbocycles. The highest BCUT2D eigenvalue weighted by atomic mass is 16.6. The lowest BCUT2D eigenvalue weighted by Gasteiger charge is -2.30. The van der Waals surface area contributed by atoms with Crippen LogP contribution < -0.4 is 0 Å². The van der Waals surface area contributed by atoms with Gasteiger partial charge in [-0.15, -0.1) is 0 Å². The summed E-state index contributed by atoms with van der Waals surface area (Å²) in [6.45, 7) is 9.70. The van der Waals surface area contributed by atoms with E-state index in [1.54, 1.807) is 41.2 Å². The van der Waals surface area contributed by atoms with Gasteiger partial charge in [0.1, 0.15) is 11.9 Å². The summed E-state index contributed by atoms with van der Waals surface area (Å²) in [5, 5.41) is 0. The van der Waals surface area contributed by atoms with E-state index in [0.717, 1.165) is 5.69 Å². The van der Waals surface area contributed by atoms with Crippen LogP contribution in [0.25, 0.3) is 5.95 Å². The number of aromatic nitrogens is 4. The largest absolute Gasteiger partial charge is 0.466 e. The minimum atomic E-state index is -0.646. The lowest BCUT2D eigenvalue weighted by Crippen LogP contribution is -2.38. The third-order valence-electron chi connectivity index (χ3n) is 4.52. The summed E-state index contributed by atoms with van der Waals surface area (Å²) in [5.41, 5.74) is 0.646. The fraction of sp³-hybridized carbons (Fsp3) is 0.550. The van der Waals surface area contributed by atoms with Crippen molar-refractivity contribution in [1.29, 1.82) is 0 Å². The Balaban J connectivity index is 2.01. The van der Waals surface area contributed by atoms with Crippen LogP contribution in [0.1, 0.15) is 51.5 Å². The second kappa shape index (κ2) is 8.18. The van der Waals surface area contributed by atoms with Gasteiger partial charge >= 0.3 is 12.1 Å². The van der Waals surface area contributed by atoms with Crippen molar-refractivity contribution >= 4 is 12.1 Å². The number of hydrogen-bond donors (Lipinski definition) is 0. The van der Waals surface area contributed by atoms with Gasteiger partial charge < -0.3 is 9.47 Å². The molecule has 2 aromatic rings. The molecule has 0 saturated carbocycles. The molecule has 29 heavy (non-hydrogen) atoms. The van der Waals surface area contributed by atoms with E-state index in [9.17, 15) is 9.59 Å². The van der Waals surface area contributed by atoms with E-state index in [4.69, 9.17) is 9.47 Å². The zero-order valence-electron chi connectivity index (χ0n) is 17.5. The lowest BCUT2D eigenvalue weighted by atomic mass is 9.97. The highest BCUT2D eigenvalue weighted by molar-refractivity contribution is 5.77. The Kier molecular flexibility index (Phi) is 5.86. The van der Waals surface area contributed by atoms with Gasteiger partial charge in [-0.1, -0.05) is 0 Å². The Hall–Kier alpha value is -2.97. The van der Waals surface area contributed by atoms with Gasteiger partial charge in [0.15, 0.2) is 0 Å². The summed E-state index contributed by atoms with van der Waals surface area (Å²) in [6, 6.07) is 1.20. The molecular weight excluding hydrogens is 374 g/mol. The van der Waals surface area contributed by atoms with Gasteiger partial charge in [0.05, 0.1) is 24.3 Å². The standard InChI is InChI=1S/C20H27N5O4/c1-6-28-17(26)14-7-9-25(19(27)29-20(3,4)5)16(14)15-11-13(2)22-18(23-15)24-10-8-21-12-24/h8,10-12,14,16H,6-7,9H2,1-5H3. The Morgan fingerprint density at radius 1 is 1.28 bits per heavy atom. The molecule has 1 aliphatic heterocycles. The molecule has 2 unspecified atom stereocenters. The number of carbonyl (C=O) groups excluding carboxylic acids is 2. The monoisotopic (exact) mass is 401 g/mol. The van der Waals surface area contributed by atoms with Crippen molar-refractivity contribution in [3.05, 3.63) is 36.2 Å². The number of ether oxygens (including phenoxy) is 2. The molecule has 156 valence electrons. The van der Waals surface area contributed by atoms with Gasteiger partial charge in [0.2, 0.25) is 5.95 Å². The zero-order chi connectivity index (χ0) is 21.2. The number of esters is 1. The molecule has 0 bridgehead atoms. The van der Waals surface area contributed by atoms with Crippen molar-refractivity contribution in [3.63, 3.8) is 0 Å². The van der Waals surface area contributed by atoms with Crippen molar-refractivity contribution in [1.82, 2.24) is 24.4 Å². The maximum Gasteiger partial charge on any atom is 0.410 e. The maximum atomic E-state index is 12.9. The van der Waals surface area contributed by atoms with Gasteiger partial charge in [-0.05, 0) is 47.1 Å². The lowest BCUT2D eigenvalue weighted by molar-refractivity contribution is -0.148. The number of likely N-dealkylation sites (tertiary alicyclic amines) is 1. The second-order valence-electron chi connectivity index (χ2n) is 7.97. The number of imidazole rings is 1. The molecule has 0 spiro atoms. The van der Waals surface area contributed by atoms with Crippen molar-refractivity contribution in [3.8, 4) is 5.95 Å². The molecule has 3 rings (SSSR count). The second-order valence-corrected chi connectivity index (χ2v) is 7.97. The van der Waals surface area contributed by atoms with Crippen LogP contribution in [0.5, 0.6) is 0 Å². The molecule has 3 heterocycles. The predicted octanol–water partition coefficient (Wildman–Crippen LogP) is 2.83. The fourth-order valence-corrected chi connectivity index (χ4v) is 3.40. The van der Waals surface area contributed by atoms with Gasteiger partial charge in [0.25, 0.3) is 0 Å². The molecule has 2 aromatic heterocycles. The zero-order valence-corrected chi connectivity index (χ0v) is 17.5. The molecule has 1 aliphatic rings. The van der Waals surface area contributed by atoms with Crippen LogP contribution in [-0.2, 0) is 14.3 Å². The molecule has 0 N–H and O–H groups in total. The number of nitrogens with zero attached hydrogens (tertiary/aromatic N) is 5. The van der Waals surface area contributed by atoms with E-state index in [2.05, 4.69) is 15.0 Å². The summed E-state index contributed by atoms with van der Waals surface area (Å²) < 4.78 is 12.5. The minimum absolute atomic E-state index is 0.275. The van der Waals surface area contributed by atoms with Crippen LogP contribution in [-0.4, -0.2) is 55.2 Å². The third kappa shape index (κ3) is 4.72. The highest BCUT2D eigenvalue weighted by Gasteiger charge is 2.45. The number of aryl methyl sites for hydroxylation is 1. The average Bonchev–Trinajstić information content (AvgIpc) is 3.30. The van der Waals surface area contributed by atoms with Crippen LogP contribution in [0.4, 0.5) is 4.79 Å². The van der Waals surface area contributed by atoms with Crippen LogP contribution in [0.15, 0.2) is 24.8 Å². The van der Waals surface area contributed by atoms with Crippen molar-refractivity contribution in [2.45, 2.75) is 52.7 Å². The molecule has 9 nitrogen and oxygen atoms in total. The maximum absolute atomic E-state index is 12.9. The van der Waals surface area contributed by atoms with Crippen LogP contribution in [0.2, 0.25) is 0 Å². The Morgan fingerprint density at radius 2 is 2.03 bits per heavy atom. The van der Waals surface area contributed by atoms with Crippen molar-refractivity contribution in [2.24, 2.45) is 5.92 Å². The molecule has 1 fully saturated rings. The average molecular weight is 401 g/mol. The number of rotatable bonds is 4. The van der Waals surface area contributed by atoms with E-state index in [1.165, 1.54) is 0 Å². The van der Waals surface area contributed by atoms with Crippen molar-refractivity contribution in [2.75, 3.05) is 13.2 Å². The topological polar surface area (TPSA) is 99.4 Å². The first-order valence-electron chi connectivity index (χ1n) is 9.69. The molecule has 2 atom stereocenters. The minimum Gasteiger partial charge on any atom is -0.466 e. The van der Waals surface area contributed by atoms with Crippen molar-refractivity contribution < 1.29 is 19.1 Å². The third-order valence-corrected chi connectivity index (χ3v) is 4.52. The van der Waals surface area contributed by atoms with Crippen LogP contribution >= 0.6 is 0 Å². The van der Waals surface area contributed by atoms with Crippen LogP contribution in [0.3, 0.4) is 0 Å². The Labute approximate surface area is 170 Å². The first kappa shape index (κ1) is 20.8. The van der Waals surface area contributed by atoms with Gasteiger partial charge in [-0.3, -0.25) is 14.3 Å². The first-order chi connectivity index (χ1) is 13.7. The van der Waals surface area contributed by atoms with E-state index >= 15 is 0 Å². The fourth-order valence-electron chi connectivity index (χ4n) is 3.40. The molecule has 1 amide bonds. The van der Waals surface area contributed by atoms with Gasteiger partial charge in [0, 0.05) is 24.6 Å². The molecular formula is C20H27N5O4. The Morgan fingerprint density at radius 3 is 2.66 bits per heavy atom. The first-order valence-corrected chi connectivity index (χ1v) is 9.69. The molecule has 9 heteroatoms. The van der Waals surface area contributed by atoms with E-state index in [-0.39, 0.29) is 12.6 Å². The number of amides is 1. The summed E-state index contributed by atoms with van der Waals surface area (Å²) in [4.78, 5) is 40.2. The van der Waals surface area contributed by atoms with E-state index in [0.29, 0.717) is 24.6 Å². The molecule has 0 aliphatic carbocycles. The predicted molar refractivity (Wildman–Crippen MR) is 104 cm³/mol. The van der Waals surface area contributed by atoms with Crippen LogP contribution in [0, 0.1) is 12.8 Å². The number of carbonyl (C=O) groups is 2. The molecule has 0 radical (unpaired) electrons. The quantitative estimate of drug-likeness (QED) is 0.726. The summed E-state index contributed by atoms with van der Waals surface area (Å²) >= 11 is 0. The van der Waals surface area contributed by atoms with Gasteiger partial charge in [-0.25, -0.2) is 19.7 Å². The van der Waals surface area contributed by atoms with Gasteiger partial charge in [-0.2, -0.15) is 0 Å². The normalized spacial score (nSPS) is 19.3. The Bertz CT molecular complexity index is 875. The number of hydrogen-bond acceptors (Lipinski definition) is 7. The summed E-state index contributed by atoms with van der Waals surface area (Å²) in [5.74, 6) is -0.437. The summed E-state index contributed by atoms with van der Waals surface area (Å²) in [6.07, 6.45) is 4.97. The summed E-state index contributed by atoms with van der Waals surface area (Å²) in [7, 11) is 0. The highest BCUT2D eigenvalue weighted by Crippen LogP contribution is 2.38. The molecule has 1 saturated heterocycles.